The fourth-order valence-corrected chi connectivity index (χ4v) is 3.72. The Balaban J connectivity index is 2.03. The molecule has 1 aliphatic rings. The molecule has 0 aliphatic carbocycles. The number of aliphatic imine (C=N–C) groups is 1. The van der Waals surface area contributed by atoms with Crippen molar-refractivity contribution < 1.29 is 9.47 Å². The van der Waals surface area contributed by atoms with Crippen molar-refractivity contribution >= 4 is 6.21 Å². The normalized spacial score (nSPS) is 23.5. The fraction of sp³-hybridized carbons (Fsp3) is 0.667. The molecule has 1 aromatic carbocycles. The SMILES string of the molecule is CC(C)Oc1ccc(CN=C[C@]2(CN(C)C)CCOC(C)(C)C2)cc1. The Morgan fingerprint density at radius 1 is 1.24 bits per heavy atom. The van der Waals surface area contributed by atoms with Crippen molar-refractivity contribution in [2.24, 2.45) is 10.4 Å². The van der Waals surface area contributed by atoms with E-state index in [1.807, 2.05) is 26.0 Å². The van der Waals surface area contributed by atoms with E-state index in [1.54, 1.807) is 0 Å². The Kier molecular flexibility index (Phi) is 6.64. The highest BCUT2D eigenvalue weighted by molar-refractivity contribution is 5.66. The number of benzene rings is 1. The van der Waals surface area contributed by atoms with E-state index in [1.165, 1.54) is 5.56 Å². The molecule has 0 bridgehead atoms. The molecule has 0 aromatic heterocycles. The summed E-state index contributed by atoms with van der Waals surface area (Å²) in [5.41, 5.74) is 1.21. The lowest BCUT2D eigenvalue weighted by Gasteiger charge is -2.44. The predicted molar refractivity (Wildman–Crippen MR) is 105 cm³/mol. The average molecular weight is 347 g/mol. The quantitative estimate of drug-likeness (QED) is 0.695. The van der Waals surface area contributed by atoms with E-state index in [4.69, 9.17) is 14.5 Å². The van der Waals surface area contributed by atoms with Gasteiger partial charge < -0.3 is 14.4 Å². The third kappa shape index (κ3) is 6.44. The monoisotopic (exact) mass is 346 g/mol. The third-order valence-electron chi connectivity index (χ3n) is 4.44. The van der Waals surface area contributed by atoms with Gasteiger partial charge in [-0.25, -0.2) is 0 Å². The summed E-state index contributed by atoms with van der Waals surface area (Å²) >= 11 is 0. The largest absolute Gasteiger partial charge is 0.491 e. The van der Waals surface area contributed by atoms with Crippen LogP contribution in [0.4, 0.5) is 0 Å². The number of hydrogen-bond acceptors (Lipinski definition) is 4. The molecule has 0 amide bonds. The van der Waals surface area contributed by atoms with Crippen LogP contribution < -0.4 is 4.74 Å². The molecule has 2 rings (SSSR count). The molecule has 1 fully saturated rings. The summed E-state index contributed by atoms with van der Waals surface area (Å²) in [6.45, 7) is 10.9. The molecule has 0 N–H and O–H groups in total. The van der Waals surface area contributed by atoms with Gasteiger partial charge in [-0.15, -0.1) is 0 Å². The average Bonchev–Trinajstić information content (AvgIpc) is 2.46. The van der Waals surface area contributed by atoms with Gasteiger partial charge in [0.2, 0.25) is 0 Å². The Bertz CT molecular complexity index is 564. The maximum absolute atomic E-state index is 5.92. The molecule has 0 spiro atoms. The maximum Gasteiger partial charge on any atom is 0.119 e. The van der Waals surface area contributed by atoms with Gasteiger partial charge in [0.25, 0.3) is 0 Å². The zero-order valence-corrected chi connectivity index (χ0v) is 16.7. The zero-order valence-electron chi connectivity index (χ0n) is 16.7. The van der Waals surface area contributed by atoms with Crippen molar-refractivity contribution in [1.82, 2.24) is 4.90 Å². The van der Waals surface area contributed by atoms with Gasteiger partial charge >= 0.3 is 0 Å². The predicted octanol–water partition coefficient (Wildman–Crippen LogP) is 4.18. The number of rotatable bonds is 7. The summed E-state index contributed by atoms with van der Waals surface area (Å²) in [4.78, 5) is 7.05. The molecule has 0 saturated carbocycles. The van der Waals surface area contributed by atoms with E-state index in [2.05, 4.69) is 51.2 Å². The first-order chi connectivity index (χ1) is 11.7. The summed E-state index contributed by atoms with van der Waals surface area (Å²) in [5.74, 6) is 0.915. The molecule has 0 unspecified atom stereocenters. The minimum absolute atomic E-state index is 0.0872. The topological polar surface area (TPSA) is 34.1 Å². The van der Waals surface area contributed by atoms with Gasteiger partial charge in [0.05, 0.1) is 18.2 Å². The molecular weight excluding hydrogens is 312 g/mol. The highest BCUT2D eigenvalue weighted by atomic mass is 16.5. The van der Waals surface area contributed by atoms with Gasteiger partial charge in [0, 0.05) is 24.8 Å². The molecule has 0 radical (unpaired) electrons. The van der Waals surface area contributed by atoms with Gasteiger partial charge in [0.15, 0.2) is 0 Å². The highest BCUT2D eigenvalue weighted by Gasteiger charge is 2.40. The molecule has 1 aromatic rings. The number of hydrogen-bond donors (Lipinski definition) is 0. The van der Waals surface area contributed by atoms with Crippen LogP contribution >= 0.6 is 0 Å². The zero-order chi connectivity index (χ0) is 18.5. The molecule has 4 nitrogen and oxygen atoms in total. The van der Waals surface area contributed by atoms with E-state index in [-0.39, 0.29) is 17.1 Å². The van der Waals surface area contributed by atoms with Crippen LogP contribution in [0.15, 0.2) is 29.3 Å². The molecule has 4 heteroatoms. The molecule has 1 aliphatic heterocycles. The van der Waals surface area contributed by atoms with Crippen molar-refractivity contribution in [1.29, 1.82) is 0 Å². The van der Waals surface area contributed by atoms with E-state index in [0.29, 0.717) is 6.54 Å². The van der Waals surface area contributed by atoms with Gasteiger partial charge in [-0.1, -0.05) is 12.1 Å². The summed E-state index contributed by atoms with van der Waals surface area (Å²) in [5, 5.41) is 0. The van der Waals surface area contributed by atoms with Crippen LogP contribution in [0.3, 0.4) is 0 Å². The third-order valence-corrected chi connectivity index (χ3v) is 4.44. The van der Waals surface area contributed by atoms with E-state index >= 15 is 0 Å². The standard InChI is InChI=1S/C21H34N2O2/c1-17(2)25-19-9-7-18(8-10-19)13-22-15-21(16-23(5)6)11-12-24-20(3,4)14-21/h7-10,15,17H,11-14,16H2,1-6H3/t21-/m0/s1. The first-order valence-electron chi connectivity index (χ1n) is 9.25. The summed E-state index contributed by atoms with van der Waals surface area (Å²) < 4.78 is 11.6. The highest BCUT2D eigenvalue weighted by Crippen LogP contribution is 2.38. The summed E-state index contributed by atoms with van der Waals surface area (Å²) in [6.07, 6.45) is 4.42. The van der Waals surface area contributed by atoms with Crippen LogP contribution in [0.25, 0.3) is 0 Å². The Hall–Kier alpha value is -1.39. The molecule has 1 saturated heterocycles. The summed E-state index contributed by atoms with van der Waals surface area (Å²) in [6, 6.07) is 8.25. The van der Waals surface area contributed by atoms with E-state index in [9.17, 15) is 0 Å². The minimum Gasteiger partial charge on any atom is -0.491 e. The minimum atomic E-state index is -0.0872. The lowest BCUT2D eigenvalue weighted by molar-refractivity contribution is -0.0887. The lowest BCUT2D eigenvalue weighted by Crippen LogP contribution is -2.47. The number of nitrogens with zero attached hydrogens (tertiary/aromatic N) is 2. The van der Waals surface area contributed by atoms with Crippen LogP contribution in [0.5, 0.6) is 5.75 Å². The van der Waals surface area contributed by atoms with Crippen molar-refractivity contribution in [2.75, 3.05) is 27.2 Å². The Morgan fingerprint density at radius 3 is 2.48 bits per heavy atom. The second kappa shape index (κ2) is 8.33. The maximum atomic E-state index is 5.92. The molecule has 140 valence electrons. The first kappa shape index (κ1) is 19.9. The van der Waals surface area contributed by atoms with Crippen LogP contribution in [0.2, 0.25) is 0 Å². The molecule has 1 atom stereocenters. The van der Waals surface area contributed by atoms with Crippen LogP contribution in [0, 0.1) is 5.41 Å². The van der Waals surface area contributed by atoms with Gasteiger partial charge in [-0.2, -0.15) is 0 Å². The van der Waals surface area contributed by atoms with Crippen molar-refractivity contribution in [3.8, 4) is 5.75 Å². The van der Waals surface area contributed by atoms with Crippen molar-refractivity contribution in [3.05, 3.63) is 29.8 Å². The van der Waals surface area contributed by atoms with Crippen molar-refractivity contribution in [2.45, 2.75) is 58.8 Å². The molecule has 1 heterocycles. The molecular formula is C21H34N2O2. The van der Waals surface area contributed by atoms with Crippen molar-refractivity contribution in [3.63, 3.8) is 0 Å². The fourth-order valence-electron chi connectivity index (χ4n) is 3.72. The Labute approximate surface area is 153 Å². The number of ether oxygens (including phenoxy) is 2. The van der Waals surface area contributed by atoms with Gasteiger partial charge in [-0.3, -0.25) is 4.99 Å². The Morgan fingerprint density at radius 2 is 1.92 bits per heavy atom. The van der Waals surface area contributed by atoms with E-state index < -0.39 is 0 Å². The smallest absolute Gasteiger partial charge is 0.119 e. The van der Waals surface area contributed by atoms with Crippen LogP contribution in [-0.2, 0) is 11.3 Å². The van der Waals surface area contributed by atoms with Gasteiger partial charge in [-0.05, 0) is 72.3 Å². The second-order valence-corrected chi connectivity index (χ2v) is 8.42. The van der Waals surface area contributed by atoms with Crippen LogP contribution in [0.1, 0.15) is 46.1 Å². The first-order valence-corrected chi connectivity index (χ1v) is 9.25. The lowest BCUT2D eigenvalue weighted by atomic mass is 9.74. The second-order valence-electron chi connectivity index (χ2n) is 8.42. The van der Waals surface area contributed by atoms with Crippen LogP contribution in [-0.4, -0.2) is 50.1 Å². The van der Waals surface area contributed by atoms with Gasteiger partial charge in [0.1, 0.15) is 5.75 Å². The summed E-state index contributed by atoms with van der Waals surface area (Å²) in [7, 11) is 4.26. The molecule has 25 heavy (non-hydrogen) atoms. The van der Waals surface area contributed by atoms with E-state index in [0.717, 1.165) is 31.7 Å².